The lowest BCUT2D eigenvalue weighted by Crippen LogP contribution is -2.29. The monoisotopic (exact) mass is 470 g/mol. The van der Waals surface area contributed by atoms with Gasteiger partial charge in [0.2, 0.25) is 20.0 Å². The minimum atomic E-state index is -3.73. The number of benzene rings is 2. The number of rotatable bonds is 10. The van der Waals surface area contributed by atoms with Crippen molar-refractivity contribution in [1.82, 2.24) is 9.03 Å². The largest absolute Gasteiger partial charge is 0.496 e. The molecule has 2 rings (SSSR count). The molecule has 1 N–H and O–H groups in total. The molecule has 8 nitrogen and oxygen atoms in total. The summed E-state index contributed by atoms with van der Waals surface area (Å²) in [6, 6.07) is 9.34. The Morgan fingerprint density at radius 3 is 2.16 bits per heavy atom. The van der Waals surface area contributed by atoms with Crippen LogP contribution in [0, 0.1) is 6.92 Å². The SMILES string of the molecule is COc1cc(C)c(S(=O)(=O)NCCOc2ccc(S(=O)(=O)N(C)C)cc2)cc1C(C)C. The van der Waals surface area contributed by atoms with Gasteiger partial charge in [-0.3, -0.25) is 0 Å². The van der Waals surface area contributed by atoms with Crippen LogP contribution in [-0.2, 0) is 20.0 Å². The first kappa shape index (κ1) is 25.1. The number of sulfonamides is 2. The van der Waals surface area contributed by atoms with Crippen LogP contribution >= 0.6 is 0 Å². The van der Waals surface area contributed by atoms with E-state index in [9.17, 15) is 16.8 Å². The van der Waals surface area contributed by atoms with Gasteiger partial charge in [-0.15, -0.1) is 0 Å². The van der Waals surface area contributed by atoms with Gasteiger partial charge < -0.3 is 9.47 Å². The molecule has 0 amide bonds. The molecular formula is C21H30N2O6S2. The molecule has 0 atom stereocenters. The molecule has 0 aromatic heterocycles. The van der Waals surface area contributed by atoms with Crippen LogP contribution in [0.4, 0.5) is 0 Å². The summed E-state index contributed by atoms with van der Waals surface area (Å²) < 4.78 is 64.3. The molecule has 0 bridgehead atoms. The zero-order valence-electron chi connectivity index (χ0n) is 18.7. The first-order valence-electron chi connectivity index (χ1n) is 9.73. The van der Waals surface area contributed by atoms with Gasteiger partial charge in [0.15, 0.2) is 0 Å². The number of hydrogen-bond donors (Lipinski definition) is 1. The van der Waals surface area contributed by atoms with E-state index in [0.717, 1.165) is 9.87 Å². The quantitative estimate of drug-likeness (QED) is 0.536. The molecule has 0 saturated carbocycles. The van der Waals surface area contributed by atoms with Crippen molar-refractivity contribution < 1.29 is 26.3 Å². The van der Waals surface area contributed by atoms with E-state index in [2.05, 4.69) is 4.72 Å². The highest BCUT2D eigenvalue weighted by molar-refractivity contribution is 7.89. The molecular weight excluding hydrogens is 440 g/mol. The van der Waals surface area contributed by atoms with E-state index < -0.39 is 20.0 Å². The minimum Gasteiger partial charge on any atom is -0.496 e. The summed E-state index contributed by atoms with van der Waals surface area (Å²) in [5, 5.41) is 0. The second-order valence-corrected chi connectivity index (χ2v) is 11.4. The maximum absolute atomic E-state index is 12.8. The molecule has 0 aliphatic rings. The van der Waals surface area contributed by atoms with E-state index in [4.69, 9.17) is 9.47 Å². The van der Waals surface area contributed by atoms with Crippen LogP contribution < -0.4 is 14.2 Å². The molecule has 0 spiro atoms. The summed E-state index contributed by atoms with van der Waals surface area (Å²) in [5.41, 5.74) is 1.41. The van der Waals surface area contributed by atoms with Crippen molar-refractivity contribution in [2.45, 2.75) is 36.5 Å². The van der Waals surface area contributed by atoms with Gasteiger partial charge in [-0.1, -0.05) is 13.8 Å². The highest BCUT2D eigenvalue weighted by Crippen LogP contribution is 2.31. The smallest absolute Gasteiger partial charge is 0.242 e. The Morgan fingerprint density at radius 1 is 1.03 bits per heavy atom. The van der Waals surface area contributed by atoms with E-state index in [1.807, 2.05) is 13.8 Å². The molecule has 2 aromatic carbocycles. The van der Waals surface area contributed by atoms with Crippen molar-refractivity contribution in [2.75, 3.05) is 34.4 Å². The summed E-state index contributed by atoms with van der Waals surface area (Å²) in [7, 11) is -2.76. The maximum atomic E-state index is 12.8. The van der Waals surface area contributed by atoms with Crippen molar-refractivity contribution >= 4 is 20.0 Å². The number of nitrogens with one attached hydrogen (secondary N) is 1. The number of nitrogens with zero attached hydrogens (tertiary/aromatic N) is 1. The normalized spacial score (nSPS) is 12.4. The number of ether oxygens (including phenoxy) is 2. The topological polar surface area (TPSA) is 102 Å². The fourth-order valence-electron chi connectivity index (χ4n) is 2.94. The lowest BCUT2D eigenvalue weighted by molar-refractivity contribution is 0.322. The fourth-order valence-corrected chi connectivity index (χ4v) is 5.11. The third kappa shape index (κ3) is 5.97. The lowest BCUT2D eigenvalue weighted by Gasteiger charge is -2.17. The summed E-state index contributed by atoms with van der Waals surface area (Å²) in [6.07, 6.45) is 0. The Labute approximate surface area is 185 Å². The third-order valence-corrected chi connectivity index (χ3v) is 8.14. The van der Waals surface area contributed by atoms with Gasteiger partial charge in [0, 0.05) is 20.6 Å². The molecule has 0 fully saturated rings. The van der Waals surface area contributed by atoms with Crippen LogP contribution in [0.2, 0.25) is 0 Å². The van der Waals surface area contributed by atoms with Crippen molar-refractivity contribution in [3.05, 3.63) is 47.5 Å². The van der Waals surface area contributed by atoms with Crippen LogP contribution in [0.15, 0.2) is 46.2 Å². The molecule has 0 radical (unpaired) electrons. The Balaban J connectivity index is 2.03. The first-order valence-corrected chi connectivity index (χ1v) is 12.7. The average molecular weight is 471 g/mol. The number of aryl methyl sites for hydroxylation is 1. The Bertz CT molecular complexity index is 1110. The second-order valence-electron chi connectivity index (χ2n) is 7.52. The third-order valence-electron chi connectivity index (χ3n) is 4.70. The van der Waals surface area contributed by atoms with E-state index in [1.54, 1.807) is 26.2 Å². The number of methoxy groups -OCH3 is 1. The second kappa shape index (κ2) is 9.99. The molecule has 172 valence electrons. The maximum Gasteiger partial charge on any atom is 0.242 e. The Morgan fingerprint density at radius 2 is 1.65 bits per heavy atom. The van der Waals surface area contributed by atoms with Gasteiger partial charge in [-0.2, -0.15) is 0 Å². The van der Waals surface area contributed by atoms with Crippen molar-refractivity contribution in [1.29, 1.82) is 0 Å². The average Bonchev–Trinajstić information content (AvgIpc) is 2.70. The Kier molecular flexibility index (Phi) is 8.09. The standard InChI is InChI=1S/C21H30N2O6S2/c1-15(2)19-14-21(16(3)13-20(19)28-6)30(24,25)22-11-12-29-17-7-9-18(10-8-17)31(26,27)23(4)5/h7-10,13-15,22H,11-12H2,1-6H3. The Hall–Kier alpha value is -2.14. The molecule has 0 aliphatic carbocycles. The summed E-state index contributed by atoms with van der Waals surface area (Å²) in [4.78, 5) is 0.358. The van der Waals surface area contributed by atoms with Crippen LogP contribution in [0.5, 0.6) is 11.5 Å². The van der Waals surface area contributed by atoms with Gasteiger partial charge in [0.05, 0.1) is 16.9 Å². The van der Waals surface area contributed by atoms with Crippen LogP contribution in [0.1, 0.15) is 30.9 Å². The predicted molar refractivity (Wildman–Crippen MR) is 120 cm³/mol. The molecule has 0 heterocycles. The zero-order valence-corrected chi connectivity index (χ0v) is 20.3. The first-order chi connectivity index (χ1) is 14.4. The summed E-state index contributed by atoms with van der Waals surface area (Å²) >= 11 is 0. The van der Waals surface area contributed by atoms with E-state index >= 15 is 0 Å². The highest BCUT2D eigenvalue weighted by atomic mass is 32.2. The van der Waals surface area contributed by atoms with Crippen LogP contribution in [-0.4, -0.2) is 55.5 Å². The summed E-state index contributed by atoms with van der Waals surface area (Å²) in [6.45, 7) is 5.81. The van der Waals surface area contributed by atoms with Crippen LogP contribution in [0.3, 0.4) is 0 Å². The molecule has 31 heavy (non-hydrogen) atoms. The predicted octanol–water partition coefficient (Wildman–Crippen LogP) is 2.73. The zero-order chi connectivity index (χ0) is 23.4. The van der Waals surface area contributed by atoms with Crippen molar-refractivity contribution in [3.63, 3.8) is 0 Å². The summed E-state index contributed by atoms with van der Waals surface area (Å²) in [5.74, 6) is 1.21. The van der Waals surface area contributed by atoms with Crippen molar-refractivity contribution in [3.8, 4) is 11.5 Å². The van der Waals surface area contributed by atoms with Gasteiger partial charge >= 0.3 is 0 Å². The van der Waals surface area contributed by atoms with Crippen LogP contribution in [0.25, 0.3) is 0 Å². The van der Waals surface area contributed by atoms with Gasteiger partial charge in [-0.05, 0) is 60.4 Å². The minimum absolute atomic E-state index is 0.0581. The van der Waals surface area contributed by atoms with Gasteiger partial charge in [-0.25, -0.2) is 25.9 Å². The number of hydrogen-bond acceptors (Lipinski definition) is 6. The van der Waals surface area contributed by atoms with Gasteiger partial charge in [0.1, 0.15) is 18.1 Å². The molecule has 0 saturated heterocycles. The van der Waals surface area contributed by atoms with Crippen molar-refractivity contribution in [2.24, 2.45) is 0 Å². The molecule has 10 heteroatoms. The van der Waals surface area contributed by atoms with E-state index in [0.29, 0.717) is 17.1 Å². The fraction of sp³-hybridized carbons (Fsp3) is 0.429. The highest BCUT2D eigenvalue weighted by Gasteiger charge is 2.21. The molecule has 0 aliphatic heterocycles. The molecule has 0 unspecified atom stereocenters. The van der Waals surface area contributed by atoms with Gasteiger partial charge in [0.25, 0.3) is 0 Å². The van der Waals surface area contributed by atoms with E-state index in [1.165, 1.54) is 38.4 Å². The lowest BCUT2D eigenvalue weighted by atomic mass is 10.0. The van der Waals surface area contributed by atoms with E-state index in [-0.39, 0.29) is 28.9 Å². The molecule has 2 aromatic rings.